The third-order valence-electron chi connectivity index (χ3n) is 4.88. The number of anilines is 1. The molecular formula is C25H20INO3S2. The predicted octanol–water partition coefficient (Wildman–Crippen LogP) is 6.59. The number of thioether (sulfide) groups is 1. The van der Waals surface area contributed by atoms with Crippen LogP contribution in [0.1, 0.15) is 16.7 Å². The molecule has 1 amide bonds. The molecule has 0 unspecified atom stereocenters. The van der Waals surface area contributed by atoms with Crippen LogP contribution in [-0.2, 0) is 11.4 Å². The van der Waals surface area contributed by atoms with E-state index in [9.17, 15) is 4.79 Å². The van der Waals surface area contributed by atoms with Gasteiger partial charge in [0.25, 0.3) is 5.91 Å². The summed E-state index contributed by atoms with van der Waals surface area (Å²) >= 11 is 9.04. The number of ether oxygens (including phenoxy) is 2. The molecule has 0 aliphatic carbocycles. The van der Waals surface area contributed by atoms with Crippen molar-refractivity contribution in [2.75, 3.05) is 12.0 Å². The average molecular weight is 573 g/mol. The summed E-state index contributed by atoms with van der Waals surface area (Å²) in [5.74, 6) is 1.13. The molecule has 0 bridgehead atoms. The van der Waals surface area contributed by atoms with Crippen molar-refractivity contribution >= 4 is 68.6 Å². The monoisotopic (exact) mass is 573 g/mol. The number of methoxy groups -OCH3 is 1. The van der Waals surface area contributed by atoms with Gasteiger partial charge in [0.2, 0.25) is 0 Å². The Morgan fingerprint density at radius 2 is 1.75 bits per heavy atom. The summed E-state index contributed by atoms with van der Waals surface area (Å²) in [6.45, 7) is 2.46. The molecule has 0 saturated carbocycles. The average Bonchev–Trinajstić information content (AvgIpc) is 3.07. The highest BCUT2D eigenvalue weighted by molar-refractivity contribution is 14.1. The van der Waals surface area contributed by atoms with Crippen LogP contribution in [0.3, 0.4) is 0 Å². The first-order chi connectivity index (χ1) is 15.4. The molecule has 0 spiro atoms. The molecule has 1 aliphatic rings. The first-order valence-electron chi connectivity index (χ1n) is 9.84. The quantitative estimate of drug-likeness (QED) is 0.189. The molecule has 1 aliphatic heterocycles. The largest absolute Gasteiger partial charge is 0.493 e. The number of nitrogens with zero attached hydrogens (tertiary/aromatic N) is 1. The van der Waals surface area contributed by atoms with E-state index >= 15 is 0 Å². The molecule has 162 valence electrons. The van der Waals surface area contributed by atoms with Gasteiger partial charge in [-0.3, -0.25) is 9.69 Å². The van der Waals surface area contributed by atoms with E-state index in [2.05, 4.69) is 22.6 Å². The second-order valence-corrected chi connectivity index (χ2v) is 10.1. The van der Waals surface area contributed by atoms with Crippen molar-refractivity contribution in [3.05, 3.63) is 91.9 Å². The Kier molecular flexibility index (Phi) is 7.17. The van der Waals surface area contributed by atoms with Gasteiger partial charge in [0, 0.05) is 3.57 Å². The standard InChI is InChI=1S/C25H20INO3S2/c1-16-3-10-20(11-4-16)27-24(28)23(32-25(27)31)14-18-7-12-21(22(13-18)29-2)30-15-17-5-8-19(26)9-6-17/h3-14H,15H2,1-2H3/b23-14+. The lowest BCUT2D eigenvalue weighted by Crippen LogP contribution is -2.27. The molecule has 1 saturated heterocycles. The minimum atomic E-state index is -0.123. The lowest BCUT2D eigenvalue weighted by molar-refractivity contribution is -0.113. The van der Waals surface area contributed by atoms with Gasteiger partial charge in [0.05, 0.1) is 17.7 Å². The van der Waals surface area contributed by atoms with E-state index in [0.717, 1.165) is 22.4 Å². The lowest BCUT2D eigenvalue weighted by Gasteiger charge is -2.14. The van der Waals surface area contributed by atoms with Crippen LogP contribution >= 0.6 is 46.6 Å². The first-order valence-corrected chi connectivity index (χ1v) is 12.1. The summed E-state index contributed by atoms with van der Waals surface area (Å²) in [6.07, 6.45) is 1.83. The predicted molar refractivity (Wildman–Crippen MR) is 143 cm³/mol. The summed E-state index contributed by atoms with van der Waals surface area (Å²) in [5, 5.41) is 0. The Bertz CT molecular complexity index is 1190. The molecular weight excluding hydrogens is 553 g/mol. The third-order valence-corrected chi connectivity index (χ3v) is 6.90. The second-order valence-electron chi connectivity index (χ2n) is 7.18. The number of hydrogen-bond donors (Lipinski definition) is 0. The van der Waals surface area contributed by atoms with Crippen molar-refractivity contribution in [2.45, 2.75) is 13.5 Å². The number of carbonyl (C=O) groups is 1. The summed E-state index contributed by atoms with van der Waals surface area (Å²) in [7, 11) is 1.60. The summed E-state index contributed by atoms with van der Waals surface area (Å²) in [4.78, 5) is 15.1. The van der Waals surface area contributed by atoms with E-state index in [-0.39, 0.29) is 5.91 Å². The highest BCUT2D eigenvalue weighted by Crippen LogP contribution is 2.37. The molecule has 1 heterocycles. The zero-order valence-electron chi connectivity index (χ0n) is 17.5. The Morgan fingerprint density at radius 1 is 1.03 bits per heavy atom. The minimum absolute atomic E-state index is 0.123. The van der Waals surface area contributed by atoms with Crippen molar-refractivity contribution in [2.24, 2.45) is 0 Å². The summed E-state index contributed by atoms with van der Waals surface area (Å²) in [6, 6.07) is 21.6. The third kappa shape index (κ3) is 5.16. The number of amides is 1. The second kappa shape index (κ2) is 10.1. The van der Waals surface area contributed by atoms with Gasteiger partial charge < -0.3 is 9.47 Å². The van der Waals surface area contributed by atoms with Gasteiger partial charge in [-0.15, -0.1) is 0 Å². The summed E-state index contributed by atoms with van der Waals surface area (Å²) in [5.41, 5.74) is 3.83. The van der Waals surface area contributed by atoms with E-state index in [0.29, 0.717) is 27.3 Å². The molecule has 32 heavy (non-hydrogen) atoms. The lowest BCUT2D eigenvalue weighted by atomic mass is 10.1. The number of thiocarbonyl (C=S) groups is 1. The highest BCUT2D eigenvalue weighted by Gasteiger charge is 2.33. The number of benzene rings is 3. The van der Waals surface area contributed by atoms with Crippen LogP contribution in [0.2, 0.25) is 0 Å². The van der Waals surface area contributed by atoms with Crippen molar-refractivity contribution in [1.82, 2.24) is 0 Å². The van der Waals surface area contributed by atoms with E-state index in [4.69, 9.17) is 21.7 Å². The normalized spacial score (nSPS) is 14.8. The van der Waals surface area contributed by atoms with E-state index in [1.54, 1.807) is 12.0 Å². The van der Waals surface area contributed by atoms with Gasteiger partial charge in [-0.25, -0.2) is 0 Å². The maximum Gasteiger partial charge on any atom is 0.270 e. The molecule has 4 rings (SSSR count). The van der Waals surface area contributed by atoms with Crippen LogP contribution in [0.4, 0.5) is 5.69 Å². The molecule has 3 aromatic carbocycles. The van der Waals surface area contributed by atoms with Crippen LogP contribution in [0.15, 0.2) is 71.6 Å². The van der Waals surface area contributed by atoms with Crippen molar-refractivity contribution in [3.8, 4) is 11.5 Å². The molecule has 0 radical (unpaired) electrons. The molecule has 0 N–H and O–H groups in total. The zero-order valence-corrected chi connectivity index (χ0v) is 21.3. The van der Waals surface area contributed by atoms with Gasteiger partial charge in [-0.1, -0.05) is 59.9 Å². The number of rotatable bonds is 6. The SMILES string of the molecule is COc1cc(/C=C2/SC(=S)N(c3ccc(C)cc3)C2=O)ccc1OCc1ccc(I)cc1. The summed E-state index contributed by atoms with van der Waals surface area (Å²) < 4.78 is 13.2. The van der Waals surface area contributed by atoms with Gasteiger partial charge in [0.1, 0.15) is 6.61 Å². The Labute approximate surface area is 210 Å². The Balaban J connectivity index is 1.52. The molecule has 4 nitrogen and oxygen atoms in total. The Hall–Kier alpha value is -2.36. The molecule has 7 heteroatoms. The molecule has 0 atom stereocenters. The van der Waals surface area contributed by atoms with E-state index < -0.39 is 0 Å². The van der Waals surface area contributed by atoms with E-state index in [1.165, 1.54) is 15.3 Å². The van der Waals surface area contributed by atoms with Crippen molar-refractivity contribution in [1.29, 1.82) is 0 Å². The van der Waals surface area contributed by atoms with Crippen LogP contribution in [-0.4, -0.2) is 17.3 Å². The van der Waals surface area contributed by atoms with Gasteiger partial charge in [-0.05, 0) is 83.1 Å². The van der Waals surface area contributed by atoms with Gasteiger partial charge in [-0.2, -0.15) is 0 Å². The minimum Gasteiger partial charge on any atom is -0.493 e. The number of halogens is 1. The number of hydrogen-bond acceptors (Lipinski definition) is 5. The van der Waals surface area contributed by atoms with Crippen LogP contribution in [0.25, 0.3) is 6.08 Å². The van der Waals surface area contributed by atoms with Crippen LogP contribution < -0.4 is 14.4 Å². The number of carbonyl (C=O) groups excluding carboxylic acids is 1. The van der Waals surface area contributed by atoms with Crippen molar-refractivity contribution in [3.63, 3.8) is 0 Å². The zero-order chi connectivity index (χ0) is 22.7. The fourth-order valence-electron chi connectivity index (χ4n) is 3.17. The fraction of sp³-hybridized carbons (Fsp3) is 0.120. The van der Waals surface area contributed by atoms with Crippen molar-refractivity contribution < 1.29 is 14.3 Å². The smallest absolute Gasteiger partial charge is 0.270 e. The molecule has 3 aromatic rings. The Morgan fingerprint density at radius 3 is 2.44 bits per heavy atom. The molecule has 1 fully saturated rings. The topological polar surface area (TPSA) is 38.8 Å². The molecule has 0 aromatic heterocycles. The van der Waals surface area contributed by atoms with Gasteiger partial charge >= 0.3 is 0 Å². The van der Waals surface area contributed by atoms with Gasteiger partial charge in [0.15, 0.2) is 15.8 Å². The first kappa shape index (κ1) is 22.8. The van der Waals surface area contributed by atoms with Crippen LogP contribution in [0.5, 0.6) is 11.5 Å². The number of aryl methyl sites for hydroxylation is 1. The highest BCUT2D eigenvalue weighted by atomic mass is 127. The fourth-order valence-corrected chi connectivity index (χ4v) is 4.83. The van der Waals surface area contributed by atoms with E-state index in [1.807, 2.05) is 79.7 Å². The maximum absolute atomic E-state index is 13.0. The van der Waals surface area contributed by atoms with Crippen LogP contribution in [0, 0.1) is 10.5 Å². The maximum atomic E-state index is 13.0.